The highest BCUT2D eigenvalue weighted by Crippen LogP contribution is 2.24. The van der Waals surface area contributed by atoms with Crippen molar-refractivity contribution in [3.8, 4) is 11.3 Å². The predicted octanol–water partition coefficient (Wildman–Crippen LogP) is 2.38. The van der Waals surface area contributed by atoms with Crippen LogP contribution in [0.5, 0.6) is 0 Å². The highest BCUT2D eigenvalue weighted by molar-refractivity contribution is 7.11. The predicted molar refractivity (Wildman–Crippen MR) is 111 cm³/mol. The fraction of sp³-hybridized carbons (Fsp3) is 0.350. The Balaban J connectivity index is 1.61. The minimum absolute atomic E-state index is 0.233. The van der Waals surface area contributed by atoms with Crippen LogP contribution in [0.3, 0.4) is 0 Å². The number of aryl methyl sites for hydroxylation is 2. The summed E-state index contributed by atoms with van der Waals surface area (Å²) in [4.78, 5) is 33.9. The summed E-state index contributed by atoms with van der Waals surface area (Å²) in [6.07, 6.45) is 4.99. The summed E-state index contributed by atoms with van der Waals surface area (Å²) >= 11 is 1.59. The number of thiazole rings is 1. The molecule has 0 aliphatic carbocycles. The summed E-state index contributed by atoms with van der Waals surface area (Å²) in [5.41, 5.74) is 2.75. The molecule has 0 saturated carbocycles. The minimum Gasteiger partial charge on any atom is -0.378 e. The van der Waals surface area contributed by atoms with Crippen LogP contribution >= 0.6 is 11.3 Å². The molecule has 0 spiro atoms. The monoisotopic (exact) mass is 410 g/mol. The van der Waals surface area contributed by atoms with Crippen LogP contribution in [0.4, 0.5) is 5.95 Å². The number of carbonyl (C=O) groups excluding carboxylic acids is 1. The molecule has 1 N–H and O–H groups in total. The average molecular weight is 411 g/mol. The lowest BCUT2D eigenvalue weighted by atomic mass is 10.1. The zero-order valence-electron chi connectivity index (χ0n) is 16.4. The molecule has 3 aromatic rings. The summed E-state index contributed by atoms with van der Waals surface area (Å²) in [6, 6.07) is 3.72. The van der Waals surface area contributed by atoms with Gasteiger partial charge in [0.05, 0.1) is 36.7 Å². The quantitative estimate of drug-likeness (QED) is 0.690. The molecule has 3 aromatic heterocycles. The fourth-order valence-corrected chi connectivity index (χ4v) is 3.92. The molecule has 29 heavy (non-hydrogen) atoms. The van der Waals surface area contributed by atoms with Crippen LogP contribution in [0.25, 0.3) is 11.3 Å². The van der Waals surface area contributed by atoms with Gasteiger partial charge < -0.3 is 15.0 Å². The van der Waals surface area contributed by atoms with Gasteiger partial charge in [0.1, 0.15) is 5.01 Å². The number of rotatable bonds is 5. The molecular weight excluding hydrogens is 388 g/mol. The topological polar surface area (TPSA) is 93.1 Å². The number of pyridine rings is 1. The van der Waals surface area contributed by atoms with E-state index in [4.69, 9.17) is 9.72 Å². The Morgan fingerprint density at radius 1 is 1.24 bits per heavy atom. The van der Waals surface area contributed by atoms with Crippen molar-refractivity contribution in [2.24, 2.45) is 0 Å². The number of nitrogens with zero attached hydrogens (tertiary/aromatic N) is 5. The van der Waals surface area contributed by atoms with Gasteiger partial charge >= 0.3 is 0 Å². The molecule has 0 atom stereocenters. The van der Waals surface area contributed by atoms with Crippen molar-refractivity contribution in [1.82, 2.24) is 25.3 Å². The van der Waals surface area contributed by atoms with Gasteiger partial charge in [0.2, 0.25) is 5.95 Å². The smallest absolute Gasteiger partial charge is 0.255 e. The van der Waals surface area contributed by atoms with E-state index in [-0.39, 0.29) is 5.91 Å². The molecule has 1 aliphatic rings. The van der Waals surface area contributed by atoms with E-state index < -0.39 is 0 Å². The van der Waals surface area contributed by atoms with Gasteiger partial charge in [-0.25, -0.2) is 15.0 Å². The third kappa shape index (κ3) is 4.41. The Hall–Kier alpha value is -2.91. The summed E-state index contributed by atoms with van der Waals surface area (Å²) in [5, 5.41) is 3.82. The van der Waals surface area contributed by atoms with Gasteiger partial charge in [-0.3, -0.25) is 9.78 Å². The molecular formula is C20H22N6O2S. The largest absolute Gasteiger partial charge is 0.378 e. The number of morpholine rings is 1. The SMILES string of the molecule is Cc1nc(CNC(=O)c2cnc(N3CCOCC3)nc2-c2cccnc2)sc1C. The number of carbonyl (C=O) groups is 1. The number of hydrogen-bond acceptors (Lipinski definition) is 8. The second-order valence-corrected chi connectivity index (χ2v) is 7.99. The molecule has 1 saturated heterocycles. The summed E-state index contributed by atoms with van der Waals surface area (Å²) < 4.78 is 5.41. The number of aromatic nitrogens is 4. The van der Waals surface area contributed by atoms with Crippen molar-refractivity contribution in [3.05, 3.63) is 51.9 Å². The number of nitrogens with one attached hydrogen (secondary N) is 1. The Bertz CT molecular complexity index is 982. The number of ether oxygens (including phenoxy) is 1. The minimum atomic E-state index is -0.233. The molecule has 0 aromatic carbocycles. The summed E-state index contributed by atoms with van der Waals surface area (Å²) in [7, 11) is 0. The fourth-order valence-electron chi connectivity index (χ4n) is 3.04. The van der Waals surface area contributed by atoms with E-state index >= 15 is 0 Å². The average Bonchev–Trinajstić information content (AvgIpc) is 3.10. The van der Waals surface area contributed by atoms with E-state index in [1.54, 1.807) is 29.9 Å². The highest BCUT2D eigenvalue weighted by atomic mass is 32.1. The summed E-state index contributed by atoms with van der Waals surface area (Å²) in [5.74, 6) is 0.359. The van der Waals surface area contributed by atoms with Crippen LogP contribution in [0, 0.1) is 13.8 Å². The first-order valence-corrected chi connectivity index (χ1v) is 10.2. The van der Waals surface area contributed by atoms with Gasteiger partial charge in [0.25, 0.3) is 5.91 Å². The number of amides is 1. The number of hydrogen-bond donors (Lipinski definition) is 1. The molecule has 0 radical (unpaired) electrons. The van der Waals surface area contributed by atoms with Gasteiger partial charge in [-0.1, -0.05) is 0 Å². The lowest BCUT2D eigenvalue weighted by Gasteiger charge is -2.27. The molecule has 150 valence electrons. The molecule has 4 heterocycles. The highest BCUT2D eigenvalue weighted by Gasteiger charge is 2.20. The zero-order valence-corrected chi connectivity index (χ0v) is 17.2. The normalized spacial score (nSPS) is 14.1. The van der Waals surface area contributed by atoms with Crippen LogP contribution < -0.4 is 10.2 Å². The molecule has 1 aliphatic heterocycles. The van der Waals surface area contributed by atoms with Crippen molar-refractivity contribution in [2.45, 2.75) is 20.4 Å². The van der Waals surface area contributed by atoms with Crippen molar-refractivity contribution in [1.29, 1.82) is 0 Å². The molecule has 1 fully saturated rings. The first kappa shape index (κ1) is 19.4. The number of anilines is 1. The maximum Gasteiger partial charge on any atom is 0.255 e. The molecule has 4 rings (SSSR count). The van der Waals surface area contributed by atoms with Crippen molar-refractivity contribution >= 4 is 23.2 Å². The molecule has 1 amide bonds. The Kier molecular flexibility index (Phi) is 5.77. The zero-order chi connectivity index (χ0) is 20.2. The van der Waals surface area contributed by atoms with E-state index in [1.807, 2.05) is 26.0 Å². The maximum atomic E-state index is 12.9. The third-order valence-electron chi connectivity index (χ3n) is 4.72. The van der Waals surface area contributed by atoms with Crippen LogP contribution in [0.1, 0.15) is 25.9 Å². The summed E-state index contributed by atoms with van der Waals surface area (Å²) in [6.45, 7) is 7.09. The van der Waals surface area contributed by atoms with E-state index in [0.717, 1.165) is 34.2 Å². The van der Waals surface area contributed by atoms with Crippen molar-refractivity contribution in [3.63, 3.8) is 0 Å². The van der Waals surface area contributed by atoms with E-state index in [2.05, 4.69) is 25.2 Å². The standard InChI is InChI=1S/C20H22N6O2S/c1-13-14(2)29-17(24-13)12-22-19(27)16-11-23-20(26-6-8-28-9-7-26)25-18(16)15-4-3-5-21-10-15/h3-5,10-11H,6-9,12H2,1-2H3,(H,22,27). The van der Waals surface area contributed by atoms with Crippen LogP contribution in [-0.2, 0) is 11.3 Å². The van der Waals surface area contributed by atoms with Gasteiger partial charge in [-0.2, -0.15) is 0 Å². The molecule has 0 unspecified atom stereocenters. The van der Waals surface area contributed by atoms with Gasteiger partial charge in [-0.05, 0) is 26.0 Å². The van der Waals surface area contributed by atoms with E-state index in [9.17, 15) is 4.79 Å². The second-order valence-electron chi connectivity index (χ2n) is 6.71. The second kappa shape index (κ2) is 8.62. The van der Waals surface area contributed by atoms with E-state index in [0.29, 0.717) is 37.0 Å². The van der Waals surface area contributed by atoms with Crippen LogP contribution in [0.2, 0.25) is 0 Å². The van der Waals surface area contributed by atoms with Gasteiger partial charge in [0, 0.05) is 42.1 Å². The molecule has 9 heteroatoms. The Labute approximate surface area is 173 Å². The van der Waals surface area contributed by atoms with Crippen LogP contribution in [-0.4, -0.2) is 52.1 Å². The molecule has 8 nitrogen and oxygen atoms in total. The molecule has 0 bridgehead atoms. The first-order valence-electron chi connectivity index (χ1n) is 9.43. The van der Waals surface area contributed by atoms with Gasteiger partial charge in [0.15, 0.2) is 0 Å². The maximum absolute atomic E-state index is 12.9. The Morgan fingerprint density at radius 2 is 2.07 bits per heavy atom. The van der Waals surface area contributed by atoms with Crippen LogP contribution in [0.15, 0.2) is 30.7 Å². The first-order chi connectivity index (χ1) is 14.1. The van der Waals surface area contributed by atoms with Gasteiger partial charge in [-0.15, -0.1) is 11.3 Å². The lowest BCUT2D eigenvalue weighted by Crippen LogP contribution is -2.37. The lowest BCUT2D eigenvalue weighted by molar-refractivity contribution is 0.0950. The Morgan fingerprint density at radius 3 is 2.76 bits per heavy atom. The third-order valence-corrected chi connectivity index (χ3v) is 5.80. The van der Waals surface area contributed by atoms with Crippen molar-refractivity contribution in [2.75, 3.05) is 31.2 Å². The van der Waals surface area contributed by atoms with Crippen molar-refractivity contribution < 1.29 is 9.53 Å². The van der Waals surface area contributed by atoms with E-state index in [1.165, 1.54) is 0 Å².